The van der Waals surface area contributed by atoms with Gasteiger partial charge in [0.2, 0.25) is 0 Å². The average Bonchev–Trinajstić information content (AvgIpc) is 3.85. The van der Waals surface area contributed by atoms with Crippen molar-refractivity contribution in [3.63, 3.8) is 0 Å². The van der Waals surface area contributed by atoms with Crippen LogP contribution in [0.5, 0.6) is 11.5 Å². The van der Waals surface area contributed by atoms with Gasteiger partial charge in [-0.05, 0) is 79.9 Å². The molecule has 7 aromatic carbocycles. The number of hydrogen-bond acceptors (Lipinski definition) is 2. The van der Waals surface area contributed by atoms with Gasteiger partial charge in [-0.3, -0.25) is 4.57 Å². The topological polar surface area (TPSA) is 35.9 Å². The predicted molar refractivity (Wildman–Crippen MR) is 253 cm³/mol. The predicted octanol–water partition coefficient (Wildman–Crippen LogP) is 13.8. The van der Waals surface area contributed by atoms with Crippen LogP contribution in [0.3, 0.4) is 0 Å². The van der Waals surface area contributed by atoms with Crippen LogP contribution in [-0.4, -0.2) is 14.1 Å². The quantitative estimate of drug-likeness (QED) is 0.112. The molecule has 0 N–H and O–H groups in total. The molecule has 3 heterocycles. The van der Waals surface area contributed by atoms with Crippen LogP contribution < -0.4 is 9.30 Å². The van der Waals surface area contributed by atoms with E-state index in [-0.39, 0.29) is 49.5 Å². The fraction of sp³-hybridized carbons (Fsp3) is 0.158. The molecule has 3 aromatic heterocycles. The fourth-order valence-corrected chi connectivity index (χ4v) is 8.39. The third-order valence-electron chi connectivity index (χ3n) is 11.2. The third-order valence-corrected chi connectivity index (χ3v) is 11.2. The molecule has 0 amide bonds. The maximum absolute atomic E-state index is 9.09. The first-order chi connectivity index (χ1) is 32.1. The zero-order valence-electron chi connectivity index (χ0n) is 41.0. The molecule has 10 aromatic rings. The Balaban J connectivity index is 0.00000578. The molecule has 0 saturated heterocycles. The summed E-state index contributed by atoms with van der Waals surface area (Å²) >= 11 is 0. The summed E-state index contributed by atoms with van der Waals surface area (Å²) in [4.78, 5) is 4.83. The Bertz CT molecular complexity index is 3550. The van der Waals surface area contributed by atoms with Crippen molar-refractivity contribution in [1.82, 2.24) is 14.1 Å². The Morgan fingerprint density at radius 2 is 1.38 bits per heavy atom. The van der Waals surface area contributed by atoms with Crippen molar-refractivity contribution in [2.75, 3.05) is 0 Å². The van der Waals surface area contributed by atoms with E-state index in [1.165, 1.54) is 5.56 Å². The molecule has 5 nitrogen and oxygen atoms in total. The van der Waals surface area contributed by atoms with E-state index in [2.05, 4.69) is 113 Å². The number of hydrogen-bond donors (Lipinski definition) is 0. The van der Waals surface area contributed by atoms with Gasteiger partial charge in [0.15, 0.2) is 0 Å². The van der Waals surface area contributed by atoms with Crippen LogP contribution >= 0.6 is 0 Å². The Labute approximate surface area is 391 Å². The zero-order valence-corrected chi connectivity index (χ0v) is 38.3. The van der Waals surface area contributed by atoms with Gasteiger partial charge >= 0.3 is 0 Å². The van der Waals surface area contributed by atoms with Crippen molar-refractivity contribution in [3.8, 4) is 50.9 Å². The minimum absolute atomic E-state index is 0. The maximum Gasteiger partial charge on any atom is 0.268 e. The van der Waals surface area contributed by atoms with Crippen LogP contribution in [0.1, 0.15) is 59.5 Å². The molecule has 0 saturated carbocycles. The monoisotopic (exact) mass is 1000 g/mol. The van der Waals surface area contributed by atoms with Crippen LogP contribution in [-0.2, 0) is 32.9 Å². The van der Waals surface area contributed by atoms with E-state index in [4.69, 9.17) is 16.6 Å². The van der Waals surface area contributed by atoms with Crippen molar-refractivity contribution in [1.29, 1.82) is 0 Å². The van der Waals surface area contributed by atoms with Crippen LogP contribution in [0.2, 0.25) is 0 Å². The van der Waals surface area contributed by atoms with Gasteiger partial charge in [-0.25, -0.2) is 4.98 Å². The molecular weight excluding hydrogens is 952 g/mol. The van der Waals surface area contributed by atoms with E-state index < -0.39 is 18.1 Å². The summed E-state index contributed by atoms with van der Waals surface area (Å²) < 4.78 is 56.4. The average molecular weight is 1010 g/mol. The van der Waals surface area contributed by atoms with E-state index in [1.54, 1.807) is 0 Å². The largest absolute Gasteiger partial charge is 0.510 e. The number of aromatic nitrogens is 4. The molecule has 0 aliphatic carbocycles. The van der Waals surface area contributed by atoms with E-state index in [9.17, 15) is 0 Å². The molecule has 0 unspecified atom stereocenters. The fourth-order valence-electron chi connectivity index (χ4n) is 8.39. The molecule has 0 atom stereocenters. The van der Waals surface area contributed by atoms with Crippen LogP contribution in [0.15, 0.2) is 170 Å². The number of ether oxygens (including phenoxy) is 1. The first-order valence-corrected chi connectivity index (χ1v) is 20.9. The van der Waals surface area contributed by atoms with Crippen molar-refractivity contribution < 1.29 is 37.2 Å². The second-order valence-corrected chi connectivity index (χ2v) is 18.0. The Hall–Kier alpha value is -6.55. The van der Waals surface area contributed by atoms with Crippen molar-refractivity contribution in [2.45, 2.75) is 53.4 Å². The summed E-state index contributed by atoms with van der Waals surface area (Å²) in [7, 11) is 0. The Morgan fingerprint density at radius 1 is 0.667 bits per heavy atom. The number of pyridine rings is 1. The standard InChI is InChI=1S/C57H48N4O.Pt/c1-56(2,3)37-39-17-14-20-41(33-39)47-25-16-24-46(40-18-8-7-9-19-40)55(47)60-38-59(51-27-12-13-28-52(51)60)43-21-15-22-44(35-43)62-45-29-30-49-48-23-10-11-26-50(48)61(53(49)36-45)54-34-42(31-32-58-54)57(4,5)6;/h7-34H,37H2,1-6H3;/q-2;/i7D,8D,9D,18D,19D;. The van der Waals surface area contributed by atoms with Crippen molar-refractivity contribution in [3.05, 3.63) is 199 Å². The van der Waals surface area contributed by atoms with E-state index in [0.717, 1.165) is 61.8 Å². The van der Waals surface area contributed by atoms with Gasteiger partial charge in [-0.15, -0.1) is 29.7 Å². The normalized spacial score (nSPS) is 13.0. The molecule has 0 spiro atoms. The van der Waals surface area contributed by atoms with Crippen LogP contribution in [0.4, 0.5) is 0 Å². The van der Waals surface area contributed by atoms with E-state index in [1.807, 2.05) is 100 Å². The molecule has 0 bridgehead atoms. The molecule has 63 heavy (non-hydrogen) atoms. The first-order valence-electron chi connectivity index (χ1n) is 23.4. The SMILES string of the molecule is [2H]c1c([2H])c([2H])c(-c2cccc(-c3cccc(CC(C)(C)C)c3)c2-[n+]2[c-]n(-c3[c-]c(Oc4[c-]c5c(cc4)c4ccccc4n5-c4cc(C(C)(C)C)ccn4)ccc3)c3ccccc32)c([2H])c1[2H].[Pt]. The molecule has 6 heteroatoms. The second kappa shape index (κ2) is 16.6. The van der Waals surface area contributed by atoms with Gasteiger partial charge in [-0.1, -0.05) is 162 Å². The molecular formula is C57H48N4OPt-2. The number of rotatable bonds is 8. The van der Waals surface area contributed by atoms with E-state index >= 15 is 0 Å². The number of imidazole rings is 1. The van der Waals surface area contributed by atoms with E-state index in [0.29, 0.717) is 28.4 Å². The van der Waals surface area contributed by atoms with Gasteiger partial charge in [-0.2, -0.15) is 18.2 Å². The van der Waals surface area contributed by atoms with Crippen molar-refractivity contribution in [2.24, 2.45) is 5.41 Å². The van der Waals surface area contributed by atoms with Gasteiger partial charge < -0.3 is 13.9 Å². The van der Waals surface area contributed by atoms with Crippen molar-refractivity contribution >= 4 is 32.8 Å². The maximum atomic E-state index is 9.09. The van der Waals surface area contributed by atoms with Gasteiger partial charge in [0.1, 0.15) is 5.82 Å². The molecule has 314 valence electrons. The molecule has 0 aliphatic rings. The zero-order chi connectivity index (χ0) is 46.9. The van der Waals surface area contributed by atoms with Crippen LogP contribution in [0.25, 0.3) is 72.3 Å². The van der Waals surface area contributed by atoms with Gasteiger partial charge in [0, 0.05) is 44.3 Å². The smallest absolute Gasteiger partial charge is 0.268 e. The molecule has 0 fully saturated rings. The Morgan fingerprint density at radius 3 is 2.17 bits per heavy atom. The summed E-state index contributed by atoms with van der Waals surface area (Å²) in [5.74, 6) is 1.79. The summed E-state index contributed by atoms with van der Waals surface area (Å²) in [6.45, 7) is 13.2. The summed E-state index contributed by atoms with van der Waals surface area (Å²) in [5.41, 5.74) is 9.38. The van der Waals surface area contributed by atoms with Gasteiger partial charge in [0.05, 0.1) is 23.6 Å². The summed E-state index contributed by atoms with van der Waals surface area (Å²) in [6.07, 6.45) is 6.34. The second-order valence-electron chi connectivity index (χ2n) is 18.0. The van der Waals surface area contributed by atoms with Crippen LogP contribution in [0, 0.1) is 23.9 Å². The number of fused-ring (bicyclic) bond motifs is 4. The third kappa shape index (κ3) is 8.15. The molecule has 0 radical (unpaired) electrons. The molecule has 10 rings (SSSR count). The molecule has 0 aliphatic heterocycles. The number of nitrogens with zero attached hydrogens (tertiary/aromatic N) is 4. The number of para-hydroxylation sites is 4. The minimum atomic E-state index is -0.442. The number of benzene rings is 7. The summed E-state index contributed by atoms with van der Waals surface area (Å²) in [5, 5.41) is 2.12. The van der Waals surface area contributed by atoms with Gasteiger partial charge in [0.25, 0.3) is 6.33 Å². The minimum Gasteiger partial charge on any atom is -0.510 e. The Kier molecular flexibility index (Phi) is 9.49. The first kappa shape index (κ1) is 36.0. The summed E-state index contributed by atoms with van der Waals surface area (Å²) in [6, 6.07) is 49.6.